The molecular weight excluding hydrogens is 226 g/mol. The van der Waals surface area contributed by atoms with Gasteiger partial charge in [0, 0.05) is 18.2 Å². The molecule has 3 N–H and O–H groups in total. The Morgan fingerprint density at radius 2 is 2.00 bits per heavy atom. The maximum Gasteiger partial charge on any atom is 0.224 e. The fraction of sp³-hybridized carbons (Fsp3) is 0.417. The van der Waals surface area contributed by atoms with E-state index in [4.69, 9.17) is 5.73 Å². The second kappa shape index (κ2) is 6.30. The number of hydrogen-bond acceptors (Lipinski definition) is 2. The molecule has 0 bridgehead atoms. The minimum atomic E-state index is -0.707. The Morgan fingerprint density at radius 3 is 2.47 bits per heavy atom. The number of nitrogens with one attached hydrogen (secondary N) is 1. The van der Waals surface area contributed by atoms with Crippen LogP contribution in [0, 0.1) is 11.6 Å². The maximum absolute atomic E-state index is 13.3. The zero-order valence-corrected chi connectivity index (χ0v) is 9.67. The molecular formula is C12H16F2N2O. The van der Waals surface area contributed by atoms with E-state index in [1.165, 1.54) is 6.07 Å². The van der Waals surface area contributed by atoms with Crippen LogP contribution in [0.15, 0.2) is 18.2 Å². The lowest BCUT2D eigenvalue weighted by Gasteiger charge is -2.14. The van der Waals surface area contributed by atoms with Crippen LogP contribution in [0.4, 0.5) is 8.78 Å². The van der Waals surface area contributed by atoms with Crippen molar-refractivity contribution in [3.8, 4) is 0 Å². The van der Waals surface area contributed by atoms with Crippen LogP contribution in [0.25, 0.3) is 0 Å². The van der Waals surface area contributed by atoms with Gasteiger partial charge in [-0.15, -0.1) is 0 Å². The highest BCUT2D eigenvalue weighted by Gasteiger charge is 2.14. The molecule has 0 spiro atoms. The van der Waals surface area contributed by atoms with Gasteiger partial charge in [0.05, 0.1) is 6.42 Å². The van der Waals surface area contributed by atoms with E-state index in [2.05, 4.69) is 5.32 Å². The first-order valence-corrected chi connectivity index (χ1v) is 5.50. The van der Waals surface area contributed by atoms with Gasteiger partial charge >= 0.3 is 0 Å². The Hall–Kier alpha value is -1.49. The molecule has 1 aromatic rings. The summed E-state index contributed by atoms with van der Waals surface area (Å²) in [5, 5.41) is 2.62. The Balaban J connectivity index is 2.68. The summed E-state index contributed by atoms with van der Waals surface area (Å²) in [6.45, 7) is 2.18. The average Bonchev–Trinajstić information content (AvgIpc) is 2.31. The molecule has 0 aliphatic rings. The van der Waals surface area contributed by atoms with Crippen molar-refractivity contribution in [3.63, 3.8) is 0 Å². The van der Waals surface area contributed by atoms with E-state index in [1.807, 2.05) is 6.92 Å². The lowest BCUT2D eigenvalue weighted by Crippen LogP contribution is -2.40. The molecule has 3 nitrogen and oxygen atoms in total. The number of amides is 1. The Morgan fingerprint density at radius 1 is 1.41 bits per heavy atom. The topological polar surface area (TPSA) is 55.1 Å². The summed E-state index contributed by atoms with van der Waals surface area (Å²) in [4.78, 5) is 11.5. The van der Waals surface area contributed by atoms with Crippen molar-refractivity contribution in [3.05, 3.63) is 35.4 Å². The molecule has 17 heavy (non-hydrogen) atoms. The molecule has 0 saturated heterocycles. The van der Waals surface area contributed by atoms with Gasteiger partial charge in [-0.05, 0) is 18.6 Å². The first-order chi connectivity index (χ1) is 8.08. The molecule has 5 heteroatoms. The van der Waals surface area contributed by atoms with Crippen molar-refractivity contribution >= 4 is 5.91 Å². The van der Waals surface area contributed by atoms with Crippen LogP contribution < -0.4 is 11.1 Å². The second-order valence-electron chi connectivity index (χ2n) is 3.79. The fourth-order valence-corrected chi connectivity index (χ4v) is 1.47. The highest BCUT2D eigenvalue weighted by molar-refractivity contribution is 5.79. The summed E-state index contributed by atoms with van der Waals surface area (Å²) in [7, 11) is 0. The number of benzene rings is 1. The van der Waals surface area contributed by atoms with Gasteiger partial charge in [0.1, 0.15) is 11.6 Å². The Bertz CT molecular complexity index is 372. The molecule has 94 valence electrons. The average molecular weight is 242 g/mol. The summed E-state index contributed by atoms with van der Waals surface area (Å²) in [5.74, 6) is -1.84. The standard InChI is InChI=1S/C12H16F2N2O/c1-2-8(7-15)16-12(17)6-9-10(13)4-3-5-11(9)14/h3-5,8H,2,6-7,15H2,1H3,(H,16,17). The number of hydrogen-bond donors (Lipinski definition) is 2. The van der Waals surface area contributed by atoms with E-state index in [0.717, 1.165) is 12.1 Å². The summed E-state index contributed by atoms with van der Waals surface area (Å²) in [6, 6.07) is 3.37. The molecule has 0 radical (unpaired) electrons. The van der Waals surface area contributed by atoms with Crippen LogP contribution in [-0.2, 0) is 11.2 Å². The van der Waals surface area contributed by atoms with Crippen molar-refractivity contribution in [1.29, 1.82) is 0 Å². The number of nitrogens with two attached hydrogens (primary N) is 1. The van der Waals surface area contributed by atoms with Crippen molar-refractivity contribution in [1.82, 2.24) is 5.32 Å². The van der Waals surface area contributed by atoms with Crippen LogP contribution >= 0.6 is 0 Å². The van der Waals surface area contributed by atoms with Crippen LogP contribution in [0.2, 0.25) is 0 Å². The van der Waals surface area contributed by atoms with Crippen molar-refractivity contribution < 1.29 is 13.6 Å². The molecule has 0 fully saturated rings. The van der Waals surface area contributed by atoms with Gasteiger partial charge in [0.15, 0.2) is 0 Å². The molecule has 0 heterocycles. The van der Waals surface area contributed by atoms with Gasteiger partial charge in [-0.2, -0.15) is 0 Å². The lowest BCUT2D eigenvalue weighted by atomic mass is 10.1. The van der Waals surface area contributed by atoms with Crippen molar-refractivity contribution in [2.24, 2.45) is 5.73 Å². The maximum atomic E-state index is 13.3. The van der Waals surface area contributed by atoms with Gasteiger partial charge in [0.25, 0.3) is 0 Å². The summed E-state index contributed by atoms with van der Waals surface area (Å²) in [5.41, 5.74) is 5.21. The molecule has 0 aliphatic carbocycles. The Kier molecular flexibility index (Phi) is 5.03. The second-order valence-corrected chi connectivity index (χ2v) is 3.79. The van der Waals surface area contributed by atoms with E-state index in [1.54, 1.807) is 0 Å². The zero-order valence-electron chi connectivity index (χ0n) is 9.67. The van der Waals surface area contributed by atoms with Gasteiger partial charge in [-0.3, -0.25) is 4.79 Å². The molecule has 0 aliphatic heterocycles. The molecule has 1 aromatic carbocycles. The number of carbonyl (C=O) groups excluding carboxylic acids is 1. The summed E-state index contributed by atoms with van der Waals surface area (Å²) >= 11 is 0. The van der Waals surface area contributed by atoms with E-state index in [9.17, 15) is 13.6 Å². The molecule has 0 saturated carbocycles. The molecule has 1 amide bonds. The first kappa shape index (κ1) is 13.6. The number of rotatable bonds is 5. The van der Waals surface area contributed by atoms with Crippen molar-refractivity contribution in [2.75, 3.05) is 6.54 Å². The zero-order chi connectivity index (χ0) is 12.8. The minimum absolute atomic E-state index is 0.155. The van der Waals surface area contributed by atoms with E-state index in [0.29, 0.717) is 13.0 Å². The van der Waals surface area contributed by atoms with Crippen LogP contribution in [-0.4, -0.2) is 18.5 Å². The van der Waals surface area contributed by atoms with Gasteiger partial charge in [-0.1, -0.05) is 13.0 Å². The predicted octanol–water partition coefficient (Wildman–Crippen LogP) is 1.36. The van der Waals surface area contributed by atoms with Gasteiger partial charge in [-0.25, -0.2) is 8.78 Å². The first-order valence-electron chi connectivity index (χ1n) is 5.50. The highest BCUT2D eigenvalue weighted by Crippen LogP contribution is 2.12. The quantitative estimate of drug-likeness (QED) is 0.819. The van der Waals surface area contributed by atoms with Gasteiger partial charge in [0.2, 0.25) is 5.91 Å². The fourth-order valence-electron chi connectivity index (χ4n) is 1.47. The third-order valence-corrected chi connectivity index (χ3v) is 2.54. The normalized spacial score (nSPS) is 12.2. The summed E-state index contributed by atoms with van der Waals surface area (Å²) < 4.78 is 26.5. The SMILES string of the molecule is CCC(CN)NC(=O)Cc1c(F)cccc1F. The highest BCUT2D eigenvalue weighted by atomic mass is 19.1. The Labute approximate surface area is 99.0 Å². The van der Waals surface area contributed by atoms with Crippen LogP contribution in [0.1, 0.15) is 18.9 Å². The van der Waals surface area contributed by atoms with Crippen LogP contribution in [0.5, 0.6) is 0 Å². The van der Waals surface area contributed by atoms with E-state index < -0.39 is 17.5 Å². The molecule has 1 atom stereocenters. The molecule has 1 rings (SSSR count). The van der Waals surface area contributed by atoms with Crippen molar-refractivity contribution in [2.45, 2.75) is 25.8 Å². The molecule has 0 aromatic heterocycles. The monoisotopic (exact) mass is 242 g/mol. The smallest absolute Gasteiger partial charge is 0.224 e. The minimum Gasteiger partial charge on any atom is -0.352 e. The lowest BCUT2D eigenvalue weighted by molar-refractivity contribution is -0.121. The number of carbonyl (C=O) groups is 1. The number of halogens is 2. The van der Waals surface area contributed by atoms with Crippen LogP contribution in [0.3, 0.4) is 0 Å². The third-order valence-electron chi connectivity index (χ3n) is 2.54. The summed E-state index contributed by atoms with van der Waals surface area (Å²) in [6.07, 6.45) is 0.372. The largest absolute Gasteiger partial charge is 0.352 e. The predicted molar refractivity (Wildman–Crippen MR) is 61.3 cm³/mol. The van der Waals surface area contributed by atoms with E-state index in [-0.39, 0.29) is 18.0 Å². The third kappa shape index (κ3) is 3.78. The molecule has 1 unspecified atom stereocenters. The van der Waals surface area contributed by atoms with Gasteiger partial charge < -0.3 is 11.1 Å². The van der Waals surface area contributed by atoms with E-state index >= 15 is 0 Å².